The second-order valence-corrected chi connectivity index (χ2v) is 6.41. The average molecular weight is 303 g/mol. The third-order valence-corrected chi connectivity index (χ3v) is 4.85. The van der Waals surface area contributed by atoms with Gasteiger partial charge in [0.15, 0.2) is 0 Å². The van der Waals surface area contributed by atoms with Gasteiger partial charge in [0.2, 0.25) is 5.91 Å². The Morgan fingerprint density at radius 1 is 1.09 bits per heavy atom. The van der Waals surface area contributed by atoms with Crippen molar-refractivity contribution in [3.63, 3.8) is 0 Å². The minimum atomic E-state index is 0.114. The summed E-state index contributed by atoms with van der Waals surface area (Å²) in [6.45, 7) is 8.59. The highest BCUT2D eigenvalue weighted by Gasteiger charge is 2.30. The van der Waals surface area contributed by atoms with E-state index in [-0.39, 0.29) is 11.8 Å². The first-order valence-electron chi connectivity index (χ1n) is 8.28. The van der Waals surface area contributed by atoms with Gasteiger partial charge >= 0.3 is 0 Å². The molecule has 5 heteroatoms. The molecule has 0 spiro atoms. The molecule has 0 radical (unpaired) electrons. The van der Waals surface area contributed by atoms with Crippen molar-refractivity contribution in [1.29, 1.82) is 0 Å². The van der Waals surface area contributed by atoms with Gasteiger partial charge in [-0.3, -0.25) is 9.59 Å². The Morgan fingerprint density at radius 2 is 1.68 bits per heavy atom. The van der Waals surface area contributed by atoms with E-state index in [9.17, 15) is 9.59 Å². The topological polar surface area (TPSA) is 45.6 Å². The summed E-state index contributed by atoms with van der Waals surface area (Å²) >= 11 is 0. The molecule has 0 unspecified atom stereocenters. The SMILES string of the molecule is CCC(=O)N1CCN(C(=O)c2cc(C)n(C3CC3)c2C)CC1. The van der Waals surface area contributed by atoms with E-state index in [0.717, 1.165) is 11.3 Å². The van der Waals surface area contributed by atoms with E-state index >= 15 is 0 Å². The molecule has 2 fully saturated rings. The number of hydrogen-bond donors (Lipinski definition) is 0. The molecule has 2 amide bonds. The van der Waals surface area contributed by atoms with E-state index in [1.54, 1.807) is 0 Å². The van der Waals surface area contributed by atoms with Crippen molar-refractivity contribution in [3.05, 3.63) is 23.0 Å². The highest BCUT2D eigenvalue weighted by atomic mass is 16.2. The predicted molar refractivity (Wildman–Crippen MR) is 85.0 cm³/mol. The number of aryl methyl sites for hydroxylation is 1. The summed E-state index contributed by atoms with van der Waals surface area (Å²) in [5.41, 5.74) is 3.11. The molecule has 1 aromatic heterocycles. The van der Waals surface area contributed by atoms with Crippen LogP contribution in [0.3, 0.4) is 0 Å². The van der Waals surface area contributed by atoms with Crippen molar-refractivity contribution < 1.29 is 9.59 Å². The maximum atomic E-state index is 12.8. The van der Waals surface area contributed by atoms with Gasteiger partial charge in [-0.1, -0.05) is 6.92 Å². The first-order valence-corrected chi connectivity index (χ1v) is 8.28. The van der Waals surface area contributed by atoms with Crippen molar-refractivity contribution in [2.45, 2.75) is 46.1 Å². The molecule has 1 aliphatic carbocycles. The van der Waals surface area contributed by atoms with Crippen molar-refractivity contribution in [2.24, 2.45) is 0 Å². The molecule has 0 bridgehead atoms. The average Bonchev–Trinajstić information content (AvgIpc) is 3.31. The smallest absolute Gasteiger partial charge is 0.255 e. The minimum Gasteiger partial charge on any atom is -0.345 e. The fourth-order valence-corrected chi connectivity index (χ4v) is 3.44. The quantitative estimate of drug-likeness (QED) is 0.859. The lowest BCUT2D eigenvalue weighted by atomic mass is 10.2. The lowest BCUT2D eigenvalue weighted by Gasteiger charge is -2.34. The number of hydrogen-bond acceptors (Lipinski definition) is 2. The molecule has 2 aliphatic rings. The Balaban J connectivity index is 1.70. The minimum absolute atomic E-state index is 0.114. The standard InChI is InChI=1S/C17H25N3O2/c1-4-16(21)18-7-9-19(10-8-18)17(22)15-11-12(2)20(13(15)3)14-5-6-14/h11,14H,4-10H2,1-3H3. The van der Waals surface area contributed by atoms with E-state index in [2.05, 4.69) is 18.4 Å². The van der Waals surface area contributed by atoms with Gasteiger partial charge in [-0.2, -0.15) is 0 Å². The maximum absolute atomic E-state index is 12.8. The van der Waals surface area contributed by atoms with Crippen LogP contribution < -0.4 is 0 Å². The summed E-state index contributed by atoms with van der Waals surface area (Å²) in [5, 5.41) is 0. The zero-order valence-corrected chi connectivity index (χ0v) is 13.8. The number of carbonyl (C=O) groups is 2. The first-order chi connectivity index (χ1) is 10.5. The number of carbonyl (C=O) groups excluding carboxylic acids is 2. The van der Waals surface area contributed by atoms with E-state index in [1.165, 1.54) is 18.5 Å². The molecule has 1 saturated heterocycles. The van der Waals surface area contributed by atoms with Crippen LogP contribution in [0.25, 0.3) is 0 Å². The van der Waals surface area contributed by atoms with Crippen LogP contribution in [0.2, 0.25) is 0 Å². The number of nitrogens with zero attached hydrogens (tertiary/aromatic N) is 3. The van der Waals surface area contributed by atoms with E-state index < -0.39 is 0 Å². The van der Waals surface area contributed by atoms with Gasteiger partial charge < -0.3 is 14.4 Å². The van der Waals surface area contributed by atoms with Crippen LogP contribution in [-0.2, 0) is 4.79 Å². The normalized spacial score (nSPS) is 18.7. The summed E-state index contributed by atoms with van der Waals surface area (Å²) in [6.07, 6.45) is 2.99. The predicted octanol–water partition coefficient (Wildman–Crippen LogP) is 2.13. The van der Waals surface area contributed by atoms with Gasteiger partial charge in [0.1, 0.15) is 0 Å². The van der Waals surface area contributed by atoms with Crippen molar-refractivity contribution in [3.8, 4) is 0 Å². The fraction of sp³-hybridized carbons (Fsp3) is 0.647. The first kappa shape index (κ1) is 15.1. The molecule has 0 atom stereocenters. The molecular weight excluding hydrogens is 278 g/mol. The Morgan fingerprint density at radius 3 is 2.23 bits per heavy atom. The van der Waals surface area contributed by atoms with Gasteiger partial charge in [0.25, 0.3) is 5.91 Å². The largest absolute Gasteiger partial charge is 0.345 e. The highest BCUT2D eigenvalue weighted by Crippen LogP contribution is 2.38. The molecular formula is C17H25N3O2. The fourth-order valence-electron chi connectivity index (χ4n) is 3.44. The summed E-state index contributed by atoms with van der Waals surface area (Å²) in [7, 11) is 0. The van der Waals surface area contributed by atoms with E-state index in [0.29, 0.717) is 38.6 Å². The van der Waals surface area contributed by atoms with Crippen molar-refractivity contribution in [1.82, 2.24) is 14.4 Å². The molecule has 1 aliphatic heterocycles. The summed E-state index contributed by atoms with van der Waals surface area (Å²) in [4.78, 5) is 28.2. The van der Waals surface area contributed by atoms with E-state index in [1.807, 2.05) is 22.8 Å². The summed E-state index contributed by atoms with van der Waals surface area (Å²) < 4.78 is 2.31. The highest BCUT2D eigenvalue weighted by molar-refractivity contribution is 5.96. The molecule has 1 saturated carbocycles. The van der Waals surface area contributed by atoms with Crippen LogP contribution in [-0.4, -0.2) is 52.4 Å². The maximum Gasteiger partial charge on any atom is 0.255 e. The third-order valence-electron chi connectivity index (χ3n) is 4.85. The van der Waals surface area contributed by atoms with Gasteiger partial charge in [-0.05, 0) is 32.8 Å². The number of piperazine rings is 1. The van der Waals surface area contributed by atoms with Crippen LogP contribution in [0, 0.1) is 13.8 Å². The zero-order chi connectivity index (χ0) is 15.9. The summed E-state index contributed by atoms with van der Waals surface area (Å²) in [6, 6.07) is 2.63. The van der Waals surface area contributed by atoms with Gasteiger partial charge in [-0.15, -0.1) is 0 Å². The zero-order valence-electron chi connectivity index (χ0n) is 13.8. The van der Waals surface area contributed by atoms with Crippen LogP contribution >= 0.6 is 0 Å². The lowest BCUT2D eigenvalue weighted by molar-refractivity contribution is -0.132. The number of aromatic nitrogens is 1. The summed E-state index contributed by atoms with van der Waals surface area (Å²) in [5.74, 6) is 0.294. The van der Waals surface area contributed by atoms with Crippen molar-refractivity contribution >= 4 is 11.8 Å². The molecule has 1 aromatic rings. The molecule has 3 rings (SSSR count). The lowest BCUT2D eigenvalue weighted by Crippen LogP contribution is -2.50. The van der Waals surface area contributed by atoms with Gasteiger partial charge in [0, 0.05) is 50.0 Å². The Bertz CT molecular complexity index is 593. The Kier molecular flexibility index (Phi) is 3.98. The Labute approximate surface area is 131 Å². The van der Waals surface area contributed by atoms with Crippen LogP contribution in [0.5, 0.6) is 0 Å². The third kappa shape index (κ3) is 2.64. The number of amides is 2. The van der Waals surface area contributed by atoms with Crippen LogP contribution in [0.4, 0.5) is 0 Å². The van der Waals surface area contributed by atoms with Gasteiger partial charge in [-0.25, -0.2) is 0 Å². The molecule has 0 N–H and O–H groups in total. The van der Waals surface area contributed by atoms with Crippen LogP contribution in [0.15, 0.2) is 6.07 Å². The van der Waals surface area contributed by atoms with Crippen LogP contribution in [0.1, 0.15) is 54.0 Å². The Hall–Kier alpha value is -1.78. The van der Waals surface area contributed by atoms with E-state index in [4.69, 9.17) is 0 Å². The van der Waals surface area contributed by atoms with Gasteiger partial charge in [0.05, 0.1) is 5.56 Å². The second kappa shape index (κ2) is 5.78. The molecule has 22 heavy (non-hydrogen) atoms. The molecule has 0 aromatic carbocycles. The molecule has 120 valence electrons. The monoisotopic (exact) mass is 303 g/mol. The molecule has 2 heterocycles. The molecule has 5 nitrogen and oxygen atoms in total. The second-order valence-electron chi connectivity index (χ2n) is 6.41. The number of rotatable bonds is 3. The van der Waals surface area contributed by atoms with Crippen molar-refractivity contribution in [2.75, 3.05) is 26.2 Å².